The molecule has 1 aliphatic carbocycles. The van der Waals surface area contributed by atoms with Crippen molar-refractivity contribution < 1.29 is 0 Å². The van der Waals surface area contributed by atoms with Crippen LogP contribution in [0.4, 0.5) is 0 Å². The standard InChI is InChI=1S/C16H23N5/c1-5-15-11(3)20-21(12(15)4)16-18-9-13(10(2)19-16)8-17-14-6-7-14/h9,14,17H,5-8H2,1-4H3. The minimum Gasteiger partial charge on any atom is -0.310 e. The molecule has 5 heteroatoms. The zero-order valence-corrected chi connectivity index (χ0v) is 13.3. The lowest BCUT2D eigenvalue weighted by atomic mass is 10.1. The van der Waals surface area contributed by atoms with E-state index in [1.807, 2.05) is 24.7 Å². The second kappa shape index (κ2) is 5.56. The molecule has 2 aromatic rings. The van der Waals surface area contributed by atoms with Gasteiger partial charge >= 0.3 is 0 Å². The van der Waals surface area contributed by atoms with E-state index in [2.05, 4.69) is 34.2 Å². The molecular weight excluding hydrogens is 262 g/mol. The molecule has 2 aromatic heterocycles. The second-order valence-corrected chi connectivity index (χ2v) is 5.85. The number of nitrogens with zero attached hydrogens (tertiary/aromatic N) is 4. The summed E-state index contributed by atoms with van der Waals surface area (Å²) in [5.74, 6) is 0.669. The first kappa shape index (κ1) is 14.2. The van der Waals surface area contributed by atoms with Gasteiger partial charge in [0.2, 0.25) is 0 Å². The van der Waals surface area contributed by atoms with Gasteiger partial charge in [0.05, 0.1) is 5.69 Å². The van der Waals surface area contributed by atoms with Crippen molar-refractivity contribution in [3.05, 3.63) is 34.4 Å². The monoisotopic (exact) mass is 285 g/mol. The molecule has 0 spiro atoms. The van der Waals surface area contributed by atoms with Gasteiger partial charge in [-0.25, -0.2) is 14.6 Å². The van der Waals surface area contributed by atoms with E-state index in [1.54, 1.807) is 0 Å². The van der Waals surface area contributed by atoms with E-state index in [1.165, 1.54) is 24.0 Å². The highest BCUT2D eigenvalue weighted by Crippen LogP contribution is 2.20. The molecule has 112 valence electrons. The Morgan fingerprint density at radius 3 is 2.57 bits per heavy atom. The number of aromatic nitrogens is 4. The molecule has 0 unspecified atom stereocenters. The summed E-state index contributed by atoms with van der Waals surface area (Å²) in [5.41, 5.74) is 5.69. The fourth-order valence-corrected chi connectivity index (χ4v) is 2.68. The van der Waals surface area contributed by atoms with Crippen molar-refractivity contribution in [1.82, 2.24) is 25.1 Å². The normalized spacial score (nSPS) is 14.7. The van der Waals surface area contributed by atoms with Gasteiger partial charge in [-0.2, -0.15) is 5.10 Å². The van der Waals surface area contributed by atoms with E-state index in [9.17, 15) is 0 Å². The number of hydrogen-bond acceptors (Lipinski definition) is 4. The van der Waals surface area contributed by atoms with Crippen LogP contribution in [0.3, 0.4) is 0 Å². The summed E-state index contributed by atoms with van der Waals surface area (Å²) in [6, 6.07) is 0.701. The van der Waals surface area contributed by atoms with Crippen molar-refractivity contribution in [3.63, 3.8) is 0 Å². The Labute approximate surface area is 125 Å². The van der Waals surface area contributed by atoms with Crippen LogP contribution < -0.4 is 5.32 Å². The third-order valence-corrected chi connectivity index (χ3v) is 4.21. The molecule has 21 heavy (non-hydrogen) atoms. The Bertz CT molecular complexity index is 655. The first-order valence-electron chi connectivity index (χ1n) is 7.71. The van der Waals surface area contributed by atoms with Crippen molar-refractivity contribution in [2.75, 3.05) is 0 Å². The Morgan fingerprint density at radius 1 is 1.24 bits per heavy atom. The number of rotatable bonds is 5. The zero-order valence-electron chi connectivity index (χ0n) is 13.3. The van der Waals surface area contributed by atoms with Crippen molar-refractivity contribution in [3.8, 4) is 5.95 Å². The molecule has 2 heterocycles. The summed E-state index contributed by atoms with van der Waals surface area (Å²) in [7, 11) is 0. The fourth-order valence-electron chi connectivity index (χ4n) is 2.68. The third-order valence-electron chi connectivity index (χ3n) is 4.21. The summed E-state index contributed by atoms with van der Waals surface area (Å²) in [6.45, 7) is 9.18. The van der Waals surface area contributed by atoms with Crippen LogP contribution in [-0.2, 0) is 13.0 Å². The molecule has 0 amide bonds. The van der Waals surface area contributed by atoms with Crippen LogP contribution in [0, 0.1) is 20.8 Å². The lowest BCUT2D eigenvalue weighted by molar-refractivity contribution is 0.674. The zero-order chi connectivity index (χ0) is 15.0. The van der Waals surface area contributed by atoms with Crippen LogP contribution in [0.25, 0.3) is 5.95 Å². The molecule has 0 bridgehead atoms. The van der Waals surface area contributed by atoms with Gasteiger partial charge in [-0.05, 0) is 45.6 Å². The summed E-state index contributed by atoms with van der Waals surface area (Å²) in [6.07, 6.45) is 5.50. The van der Waals surface area contributed by atoms with Gasteiger partial charge in [0, 0.05) is 35.7 Å². The average molecular weight is 285 g/mol. The van der Waals surface area contributed by atoms with Crippen molar-refractivity contribution in [2.45, 2.75) is 59.5 Å². The van der Waals surface area contributed by atoms with E-state index in [0.717, 1.165) is 30.0 Å². The maximum absolute atomic E-state index is 4.64. The topological polar surface area (TPSA) is 55.6 Å². The maximum atomic E-state index is 4.64. The summed E-state index contributed by atoms with van der Waals surface area (Å²) < 4.78 is 1.86. The van der Waals surface area contributed by atoms with Crippen LogP contribution in [0.1, 0.15) is 48.0 Å². The Hall–Kier alpha value is -1.75. The van der Waals surface area contributed by atoms with Gasteiger partial charge < -0.3 is 5.32 Å². The van der Waals surface area contributed by atoms with Crippen LogP contribution in [-0.4, -0.2) is 25.8 Å². The Kier molecular flexibility index (Phi) is 3.76. The highest BCUT2D eigenvalue weighted by molar-refractivity contribution is 5.30. The highest BCUT2D eigenvalue weighted by Gasteiger charge is 2.20. The van der Waals surface area contributed by atoms with E-state index in [0.29, 0.717) is 12.0 Å². The van der Waals surface area contributed by atoms with E-state index < -0.39 is 0 Å². The van der Waals surface area contributed by atoms with Gasteiger partial charge in [-0.3, -0.25) is 0 Å². The van der Waals surface area contributed by atoms with E-state index in [4.69, 9.17) is 0 Å². The Balaban J connectivity index is 1.87. The molecule has 0 atom stereocenters. The third kappa shape index (κ3) is 2.83. The highest BCUT2D eigenvalue weighted by atomic mass is 15.4. The summed E-state index contributed by atoms with van der Waals surface area (Å²) >= 11 is 0. The van der Waals surface area contributed by atoms with Crippen LogP contribution in [0.15, 0.2) is 6.20 Å². The molecular formula is C16H23N5. The molecule has 1 fully saturated rings. The second-order valence-electron chi connectivity index (χ2n) is 5.85. The van der Waals surface area contributed by atoms with Crippen LogP contribution in [0.5, 0.6) is 0 Å². The smallest absolute Gasteiger partial charge is 0.250 e. The molecule has 1 aliphatic rings. The van der Waals surface area contributed by atoms with Crippen LogP contribution in [0.2, 0.25) is 0 Å². The van der Waals surface area contributed by atoms with Crippen molar-refractivity contribution >= 4 is 0 Å². The minimum absolute atomic E-state index is 0.669. The Morgan fingerprint density at radius 2 is 2.00 bits per heavy atom. The molecule has 5 nitrogen and oxygen atoms in total. The predicted octanol–water partition coefficient (Wildman–Crippen LogP) is 2.40. The van der Waals surface area contributed by atoms with E-state index in [-0.39, 0.29) is 0 Å². The quantitative estimate of drug-likeness (QED) is 0.916. The average Bonchev–Trinajstić information content (AvgIpc) is 3.23. The molecule has 0 saturated heterocycles. The van der Waals surface area contributed by atoms with Gasteiger partial charge in [-0.1, -0.05) is 6.92 Å². The molecule has 0 radical (unpaired) electrons. The van der Waals surface area contributed by atoms with Gasteiger partial charge in [-0.15, -0.1) is 0 Å². The molecule has 1 saturated carbocycles. The number of nitrogens with one attached hydrogen (secondary N) is 1. The molecule has 0 aliphatic heterocycles. The van der Waals surface area contributed by atoms with Gasteiger partial charge in [0.1, 0.15) is 0 Å². The largest absolute Gasteiger partial charge is 0.310 e. The minimum atomic E-state index is 0.669. The van der Waals surface area contributed by atoms with Gasteiger partial charge in [0.25, 0.3) is 5.95 Å². The lowest BCUT2D eigenvalue weighted by Crippen LogP contribution is -2.17. The first-order chi connectivity index (χ1) is 10.1. The first-order valence-corrected chi connectivity index (χ1v) is 7.71. The summed E-state index contributed by atoms with van der Waals surface area (Å²) in [5, 5.41) is 8.09. The molecule has 1 N–H and O–H groups in total. The molecule has 0 aromatic carbocycles. The predicted molar refractivity (Wildman–Crippen MR) is 82.6 cm³/mol. The molecule has 3 rings (SSSR count). The SMILES string of the molecule is CCc1c(C)nn(-c2ncc(CNC3CC3)c(C)n2)c1C. The van der Waals surface area contributed by atoms with Crippen molar-refractivity contribution in [1.29, 1.82) is 0 Å². The van der Waals surface area contributed by atoms with Crippen molar-refractivity contribution in [2.24, 2.45) is 0 Å². The fraction of sp³-hybridized carbons (Fsp3) is 0.562. The van der Waals surface area contributed by atoms with Crippen LogP contribution >= 0.6 is 0 Å². The van der Waals surface area contributed by atoms with Gasteiger partial charge in [0.15, 0.2) is 0 Å². The number of aryl methyl sites for hydroxylation is 2. The summed E-state index contributed by atoms with van der Waals surface area (Å²) in [4.78, 5) is 9.15. The lowest BCUT2D eigenvalue weighted by Gasteiger charge is -2.09. The number of hydrogen-bond donors (Lipinski definition) is 1. The van der Waals surface area contributed by atoms with E-state index >= 15 is 0 Å². The maximum Gasteiger partial charge on any atom is 0.250 e.